The second-order valence-corrected chi connectivity index (χ2v) is 12.8. The van der Waals surface area contributed by atoms with Gasteiger partial charge in [-0.3, -0.25) is 4.79 Å². The highest BCUT2D eigenvalue weighted by atomic mass is 16.3. The molecule has 0 aromatic rings. The maximum Gasteiger partial charge on any atom is 0.158 e. The van der Waals surface area contributed by atoms with Crippen LogP contribution >= 0.6 is 0 Å². The lowest BCUT2D eigenvalue weighted by molar-refractivity contribution is -0.121. The van der Waals surface area contributed by atoms with E-state index in [9.17, 15) is 15.0 Å². The van der Waals surface area contributed by atoms with Crippen LogP contribution in [-0.4, -0.2) is 27.7 Å². The smallest absolute Gasteiger partial charge is 0.158 e. The van der Waals surface area contributed by atoms with Gasteiger partial charge in [0.2, 0.25) is 0 Å². The molecule has 0 aliphatic heterocycles. The minimum Gasteiger partial charge on any atom is -0.389 e. The van der Waals surface area contributed by atoms with Crippen molar-refractivity contribution >= 4 is 5.78 Å². The minimum absolute atomic E-state index is 0.0119. The van der Waals surface area contributed by atoms with Crippen LogP contribution in [0.5, 0.6) is 0 Å². The van der Waals surface area contributed by atoms with Crippen LogP contribution in [0, 0.1) is 40.4 Å². The molecule has 4 aliphatic carbocycles. The summed E-state index contributed by atoms with van der Waals surface area (Å²) in [4.78, 5) is 13.5. The molecule has 4 aliphatic rings. The van der Waals surface area contributed by atoms with Crippen LogP contribution in [-0.2, 0) is 4.79 Å². The first-order chi connectivity index (χ1) is 14.9. The summed E-state index contributed by atoms with van der Waals surface area (Å²) in [5.41, 5.74) is 1.43. The largest absolute Gasteiger partial charge is 0.389 e. The van der Waals surface area contributed by atoms with Gasteiger partial charge in [-0.05, 0) is 90.2 Å². The summed E-state index contributed by atoms with van der Waals surface area (Å²) in [5.74, 6) is 2.61. The van der Waals surface area contributed by atoms with Gasteiger partial charge in [-0.25, -0.2) is 0 Å². The van der Waals surface area contributed by atoms with Crippen molar-refractivity contribution in [2.75, 3.05) is 0 Å². The molecule has 0 amide bonds. The van der Waals surface area contributed by atoms with Crippen molar-refractivity contribution in [3.05, 3.63) is 23.3 Å². The van der Waals surface area contributed by atoms with Crippen molar-refractivity contribution in [1.29, 1.82) is 0 Å². The fraction of sp³-hybridized carbons (Fsp3) is 0.828. The summed E-state index contributed by atoms with van der Waals surface area (Å²) in [5, 5.41) is 23.0. The molecule has 0 heterocycles. The van der Waals surface area contributed by atoms with Gasteiger partial charge in [-0.15, -0.1) is 0 Å². The Hall–Kier alpha value is -0.930. The number of ketones is 1. The van der Waals surface area contributed by atoms with Gasteiger partial charge in [0, 0.05) is 11.8 Å². The molecule has 8 atom stereocenters. The third-order valence-corrected chi connectivity index (χ3v) is 11.0. The van der Waals surface area contributed by atoms with Gasteiger partial charge >= 0.3 is 0 Å². The Balaban J connectivity index is 1.74. The zero-order chi connectivity index (χ0) is 23.6. The molecule has 0 bridgehead atoms. The summed E-state index contributed by atoms with van der Waals surface area (Å²) >= 11 is 0. The minimum atomic E-state index is -0.952. The summed E-state index contributed by atoms with van der Waals surface area (Å²) in [6.07, 6.45) is 7.24. The molecule has 3 heteroatoms. The Labute approximate surface area is 195 Å². The molecule has 2 fully saturated rings. The Morgan fingerprint density at radius 1 is 1.06 bits per heavy atom. The van der Waals surface area contributed by atoms with E-state index in [1.54, 1.807) is 0 Å². The molecule has 3 nitrogen and oxygen atoms in total. The Kier molecular flexibility index (Phi) is 6.11. The summed E-state index contributed by atoms with van der Waals surface area (Å²) in [6, 6.07) is 0. The van der Waals surface area contributed by atoms with Crippen LogP contribution in [0.25, 0.3) is 0 Å². The Morgan fingerprint density at radius 3 is 2.41 bits per heavy atom. The Morgan fingerprint density at radius 2 is 1.75 bits per heavy atom. The van der Waals surface area contributed by atoms with Crippen molar-refractivity contribution in [3.8, 4) is 0 Å². The number of Topliss-reactive ketones (excluding diaryl/α,β-unsaturated/α-hetero) is 1. The fourth-order valence-corrected chi connectivity index (χ4v) is 8.28. The predicted molar refractivity (Wildman–Crippen MR) is 130 cm³/mol. The lowest BCUT2D eigenvalue weighted by Crippen LogP contribution is -2.58. The summed E-state index contributed by atoms with van der Waals surface area (Å²) in [6.45, 7) is 18.2. The quantitative estimate of drug-likeness (QED) is 0.496. The molecule has 180 valence electrons. The second-order valence-electron chi connectivity index (χ2n) is 12.8. The average Bonchev–Trinajstić information content (AvgIpc) is 2.96. The van der Waals surface area contributed by atoms with Crippen LogP contribution < -0.4 is 0 Å². The van der Waals surface area contributed by atoms with Crippen LogP contribution in [0.4, 0.5) is 0 Å². The molecule has 0 saturated heterocycles. The number of rotatable bonds is 5. The molecule has 2 saturated carbocycles. The van der Waals surface area contributed by atoms with Gasteiger partial charge < -0.3 is 10.2 Å². The molecular weight excluding hydrogens is 396 g/mol. The van der Waals surface area contributed by atoms with Gasteiger partial charge in [0.05, 0.1) is 11.7 Å². The standard InChI is InChI=1S/C29H46O3/c1-17(2)18(3)8-9-19(4)22-10-11-25(31)21-16-23-20(5)24(30)12-13-28(23,7)29(32)15-14-27(22,6)26(21)29/h17-19,22-24,30,32H,5,8-16H2,1-4,6-7H3/t18-,19-,22-,23+,24+,27-,28+,29-/m1/s1. The highest BCUT2D eigenvalue weighted by molar-refractivity contribution is 5.97. The van der Waals surface area contributed by atoms with Gasteiger partial charge in [-0.1, -0.05) is 61.0 Å². The number of fused-ring (bicyclic) bond motifs is 2. The van der Waals surface area contributed by atoms with E-state index >= 15 is 0 Å². The first-order valence-electron chi connectivity index (χ1n) is 13.2. The molecule has 32 heavy (non-hydrogen) atoms. The van der Waals surface area contributed by atoms with Gasteiger partial charge in [-0.2, -0.15) is 0 Å². The van der Waals surface area contributed by atoms with E-state index in [2.05, 4.69) is 48.1 Å². The van der Waals surface area contributed by atoms with Crippen LogP contribution in [0.1, 0.15) is 99.3 Å². The zero-order valence-corrected chi connectivity index (χ0v) is 21.3. The topological polar surface area (TPSA) is 57.5 Å². The number of aliphatic hydroxyl groups excluding tert-OH is 1. The monoisotopic (exact) mass is 442 g/mol. The maximum absolute atomic E-state index is 13.5. The SMILES string of the molecule is C=C1[C@@H](O)CC[C@@]2(C)[C@H]1CC1=C3[C@](C)(CC[C@@]32O)[C@@H]([C@H](C)CC[C@@H](C)C(C)C)CCC1=O. The number of carbonyl (C=O) groups excluding carboxylic acids is 1. The van der Waals surface area contributed by atoms with Crippen LogP contribution in [0.15, 0.2) is 23.3 Å². The molecule has 0 aromatic heterocycles. The fourth-order valence-electron chi connectivity index (χ4n) is 8.28. The second kappa shape index (κ2) is 8.08. The number of hydrogen-bond donors (Lipinski definition) is 2. The van der Waals surface area contributed by atoms with E-state index in [1.807, 2.05) is 0 Å². The van der Waals surface area contributed by atoms with Gasteiger partial charge in [0.25, 0.3) is 0 Å². The first-order valence-corrected chi connectivity index (χ1v) is 13.2. The third kappa shape index (κ3) is 3.32. The lowest BCUT2D eigenvalue weighted by Gasteiger charge is -2.58. The maximum atomic E-state index is 13.5. The van der Waals surface area contributed by atoms with Gasteiger partial charge in [0.1, 0.15) is 0 Å². The summed E-state index contributed by atoms with van der Waals surface area (Å²) < 4.78 is 0. The molecule has 0 radical (unpaired) electrons. The molecule has 0 unspecified atom stereocenters. The Bertz CT molecular complexity index is 824. The molecule has 2 N–H and O–H groups in total. The highest BCUT2D eigenvalue weighted by Gasteiger charge is 2.67. The zero-order valence-electron chi connectivity index (χ0n) is 21.3. The number of carbonyl (C=O) groups is 1. The molecular formula is C29H46O3. The van der Waals surface area contributed by atoms with E-state index < -0.39 is 11.7 Å². The third-order valence-electron chi connectivity index (χ3n) is 11.0. The van der Waals surface area contributed by atoms with Crippen molar-refractivity contribution in [2.24, 2.45) is 40.4 Å². The average molecular weight is 443 g/mol. The molecule has 4 rings (SSSR count). The van der Waals surface area contributed by atoms with E-state index in [4.69, 9.17) is 0 Å². The van der Waals surface area contributed by atoms with E-state index in [-0.39, 0.29) is 22.5 Å². The number of allylic oxidation sites excluding steroid dienone is 1. The summed E-state index contributed by atoms with van der Waals surface area (Å²) in [7, 11) is 0. The predicted octanol–water partition coefficient (Wildman–Crippen LogP) is 6.24. The van der Waals surface area contributed by atoms with Crippen LogP contribution in [0.3, 0.4) is 0 Å². The van der Waals surface area contributed by atoms with E-state index in [1.165, 1.54) is 12.8 Å². The van der Waals surface area contributed by atoms with Crippen molar-refractivity contribution < 1.29 is 15.0 Å². The van der Waals surface area contributed by atoms with Crippen molar-refractivity contribution in [3.63, 3.8) is 0 Å². The lowest BCUT2D eigenvalue weighted by atomic mass is 9.49. The van der Waals surface area contributed by atoms with Crippen molar-refractivity contribution in [2.45, 2.75) is 111 Å². The normalized spacial score (nSPS) is 43.7. The van der Waals surface area contributed by atoms with Crippen LogP contribution in [0.2, 0.25) is 0 Å². The van der Waals surface area contributed by atoms with Crippen molar-refractivity contribution in [1.82, 2.24) is 0 Å². The molecule has 0 spiro atoms. The van der Waals surface area contributed by atoms with E-state index in [0.717, 1.165) is 42.4 Å². The first kappa shape index (κ1) is 24.2. The van der Waals surface area contributed by atoms with E-state index in [0.29, 0.717) is 42.9 Å². The van der Waals surface area contributed by atoms with Gasteiger partial charge in [0.15, 0.2) is 5.78 Å². The number of hydrogen-bond acceptors (Lipinski definition) is 3. The number of aliphatic hydroxyl groups is 2. The molecule has 0 aromatic carbocycles. The highest BCUT2D eigenvalue weighted by Crippen LogP contribution is 2.70.